The van der Waals surface area contributed by atoms with Crippen LogP contribution in [0.2, 0.25) is 5.02 Å². The molecule has 0 aliphatic heterocycles. The van der Waals surface area contributed by atoms with E-state index in [1.807, 2.05) is 37.3 Å². The number of halogens is 1. The number of aromatic nitrogens is 2. The van der Waals surface area contributed by atoms with E-state index >= 15 is 0 Å². The monoisotopic (exact) mass is 308 g/mol. The van der Waals surface area contributed by atoms with Crippen LogP contribution in [-0.4, -0.2) is 28.6 Å². The maximum Gasteiger partial charge on any atom is 0.111 e. The van der Waals surface area contributed by atoms with Gasteiger partial charge in [-0.05, 0) is 12.0 Å². The fourth-order valence-corrected chi connectivity index (χ4v) is 2.80. The van der Waals surface area contributed by atoms with Crippen molar-refractivity contribution in [1.29, 1.82) is 0 Å². The van der Waals surface area contributed by atoms with Crippen molar-refractivity contribution >= 4 is 11.6 Å². The average Bonchev–Trinajstić information content (AvgIpc) is 2.87. The van der Waals surface area contributed by atoms with Crippen molar-refractivity contribution < 1.29 is 9.84 Å². The van der Waals surface area contributed by atoms with E-state index in [0.717, 1.165) is 5.56 Å². The number of nitrogens with zero attached hydrogens (tertiary/aromatic N) is 2. The molecule has 0 amide bonds. The van der Waals surface area contributed by atoms with Crippen molar-refractivity contribution in [3.05, 3.63) is 52.8 Å². The normalized spacial score (nSPS) is 14.1. The topological polar surface area (TPSA) is 47.3 Å². The molecule has 114 valence electrons. The molecule has 1 aromatic carbocycles. The van der Waals surface area contributed by atoms with Gasteiger partial charge in [0.2, 0.25) is 0 Å². The Kier molecular flexibility index (Phi) is 5.39. The molecule has 1 unspecified atom stereocenters. The molecular formula is C16H21ClN2O2. The van der Waals surface area contributed by atoms with Crippen LogP contribution in [0.1, 0.15) is 24.6 Å². The second-order valence-electron chi connectivity index (χ2n) is 5.10. The maximum atomic E-state index is 11.1. The molecule has 4 nitrogen and oxygen atoms in total. The molecule has 21 heavy (non-hydrogen) atoms. The minimum absolute atomic E-state index is 0.492. The second-order valence-corrected chi connectivity index (χ2v) is 5.51. The highest BCUT2D eigenvalue weighted by Gasteiger charge is 2.33. The molecule has 1 aromatic heterocycles. The van der Waals surface area contributed by atoms with Gasteiger partial charge in [-0.1, -0.05) is 48.9 Å². The molecule has 2 aromatic rings. The SMILES string of the molecule is CCC(O)(Cc1ccccc1)c1c(Cl)cnn1CCOC. The highest BCUT2D eigenvalue weighted by molar-refractivity contribution is 6.31. The van der Waals surface area contributed by atoms with Crippen molar-refractivity contribution in [1.82, 2.24) is 9.78 Å². The van der Waals surface area contributed by atoms with E-state index in [-0.39, 0.29) is 0 Å². The smallest absolute Gasteiger partial charge is 0.111 e. The molecule has 1 atom stereocenters. The van der Waals surface area contributed by atoms with Crippen molar-refractivity contribution in [2.24, 2.45) is 0 Å². The first kappa shape index (κ1) is 16.0. The number of aliphatic hydroxyl groups is 1. The van der Waals surface area contributed by atoms with E-state index in [1.54, 1.807) is 18.0 Å². The van der Waals surface area contributed by atoms with E-state index in [9.17, 15) is 5.11 Å². The van der Waals surface area contributed by atoms with Crippen LogP contribution in [0.15, 0.2) is 36.5 Å². The molecule has 0 radical (unpaired) electrons. The van der Waals surface area contributed by atoms with Gasteiger partial charge in [-0.25, -0.2) is 0 Å². The lowest BCUT2D eigenvalue weighted by molar-refractivity contribution is 0.0223. The van der Waals surface area contributed by atoms with Crippen molar-refractivity contribution in [3.8, 4) is 0 Å². The van der Waals surface area contributed by atoms with Gasteiger partial charge in [0.25, 0.3) is 0 Å². The molecule has 1 heterocycles. The molecule has 1 N–H and O–H groups in total. The summed E-state index contributed by atoms with van der Waals surface area (Å²) in [5.41, 5.74) is 0.688. The molecule has 0 aliphatic carbocycles. The Bertz CT molecular complexity index is 571. The van der Waals surface area contributed by atoms with Gasteiger partial charge in [-0.2, -0.15) is 5.10 Å². The third kappa shape index (κ3) is 3.64. The summed E-state index contributed by atoms with van der Waals surface area (Å²) >= 11 is 6.27. The summed E-state index contributed by atoms with van der Waals surface area (Å²) in [6, 6.07) is 9.91. The first-order valence-corrected chi connectivity index (χ1v) is 7.45. The van der Waals surface area contributed by atoms with E-state index in [1.165, 1.54) is 0 Å². The van der Waals surface area contributed by atoms with Crippen LogP contribution in [0.4, 0.5) is 0 Å². The molecule has 5 heteroatoms. The Morgan fingerprint density at radius 2 is 2.05 bits per heavy atom. The van der Waals surface area contributed by atoms with E-state index in [0.29, 0.717) is 36.7 Å². The van der Waals surface area contributed by atoms with Crippen LogP contribution in [0, 0.1) is 0 Å². The van der Waals surface area contributed by atoms with Crippen molar-refractivity contribution in [2.75, 3.05) is 13.7 Å². The first-order valence-electron chi connectivity index (χ1n) is 7.07. The molecule has 0 spiro atoms. The quantitative estimate of drug-likeness (QED) is 0.855. The fraction of sp³-hybridized carbons (Fsp3) is 0.438. The summed E-state index contributed by atoms with van der Waals surface area (Å²) in [7, 11) is 1.64. The number of hydrogen-bond donors (Lipinski definition) is 1. The van der Waals surface area contributed by atoms with E-state index < -0.39 is 5.60 Å². The predicted octanol–water partition coefficient (Wildman–Crippen LogP) is 3.02. The molecule has 0 aliphatic rings. The zero-order valence-electron chi connectivity index (χ0n) is 12.4. The van der Waals surface area contributed by atoms with Crippen LogP contribution < -0.4 is 0 Å². The van der Waals surface area contributed by atoms with Gasteiger partial charge in [0.05, 0.1) is 30.1 Å². The third-order valence-corrected chi connectivity index (χ3v) is 3.94. The maximum absolute atomic E-state index is 11.1. The minimum Gasteiger partial charge on any atom is -0.383 e. The summed E-state index contributed by atoms with van der Waals surface area (Å²) < 4.78 is 6.82. The summed E-state index contributed by atoms with van der Waals surface area (Å²) in [5, 5.41) is 15.9. The van der Waals surface area contributed by atoms with Gasteiger partial charge >= 0.3 is 0 Å². The highest BCUT2D eigenvalue weighted by atomic mass is 35.5. The van der Waals surface area contributed by atoms with Gasteiger partial charge in [-0.3, -0.25) is 4.68 Å². The zero-order chi connectivity index (χ0) is 15.3. The standard InChI is InChI=1S/C16H21ClN2O2/c1-3-16(20,11-13-7-5-4-6-8-13)15-14(17)12-18-19(15)9-10-21-2/h4-8,12,20H,3,9-11H2,1-2H3. The molecule has 2 rings (SSSR count). The summed E-state index contributed by atoms with van der Waals surface area (Å²) in [6.45, 7) is 3.04. The van der Waals surface area contributed by atoms with Gasteiger partial charge in [0.15, 0.2) is 0 Å². The Hall–Kier alpha value is -1.36. The number of rotatable bonds is 7. The Labute approximate surface area is 130 Å². The Morgan fingerprint density at radius 3 is 2.67 bits per heavy atom. The largest absolute Gasteiger partial charge is 0.383 e. The lowest BCUT2D eigenvalue weighted by Gasteiger charge is -2.28. The fourth-order valence-electron chi connectivity index (χ4n) is 2.48. The predicted molar refractivity (Wildman–Crippen MR) is 83.4 cm³/mol. The summed E-state index contributed by atoms with van der Waals surface area (Å²) in [5.74, 6) is 0. The number of methoxy groups -OCH3 is 1. The lowest BCUT2D eigenvalue weighted by atomic mass is 9.88. The van der Waals surface area contributed by atoms with Crippen LogP contribution in [0.3, 0.4) is 0 Å². The van der Waals surface area contributed by atoms with Gasteiger partial charge < -0.3 is 9.84 Å². The first-order chi connectivity index (χ1) is 10.1. The zero-order valence-corrected chi connectivity index (χ0v) is 13.2. The second kappa shape index (κ2) is 7.07. The van der Waals surface area contributed by atoms with E-state index in [4.69, 9.17) is 16.3 Å². The van der Waals surface area contributed by atoms with Crippen LogP contribution in [0.25, 0.3) is 0 Å². The Morgan fingerprint density at radius 1 is 1.33 bits per heavy atom. The molecule has 0 saturated carbocycles. The van der Waals surface area contributed by atoms with Gasteiger partial charge in [0.1, 0.15) is 5.60 Å². The van der Waals surface area contributed by atoms with Crippen molar-refractivity contribution in [2.45, 2.75) is 31.9 Å². The highest BCUT2D eigenvalue weighted by Crippen LogP contribution is 2.34. The van der Waals surface area contributed by atoms with E-state index in [2.05, 4.69) is 5.10 Å². The third-order valence-electron chi connectivity index (χ3n) is 3.67. The molecular weight excluding hydrogens is 288 g/mol. The van der Waals surface area contributed by atoms with Crippen LogP contribution >= 0.6 is 11.6 Å². The molecule has 0 bridgehead atoms. The molecule has 0 saturated heterocycles. The Balaban J connectivity index is 2.33. The molecule has 0 fully saturated rings. The van der Waals surface area contributed by atoms with Crippen LogP contribution in [-0.2, 0) is 23.3 Å². The number of hydrogen-bond acceptors (Lipinski definition) is 3. The van der Waals surface area contributed by atoms with Crippen molar-refractivity contribution in [3.63, 3.8) is 0 Å². The minimum atomic E-state index is -1.04. The van der Waals surface area contributed by atoms with Crippen LogP contribution in [0.5, 0.6) is 0 Å². The average molecular weight is 309 g/mol. The summed E-state index contributed by atoms with van der Waals surface area (Å²) in [6.07, 6.45) is 2.64. The number of benzene rings is 1. The number of ether oxygens (including phenoxy) is 1. The van der Waals surface area contributed by atoms with Gasteiger partial charge in [0, 0.05) is 13.5 Å². The van der Waals surface area contributed by atoms with Gasteiger partial charge in [-0.15, -0.1) is 0 Å². The summed E-state index contributed by atoms with van der Waals surface area (Å²) in [4.78, 5) is 0. The lowest BCUT2D eigenvalue weighted by Crippen LogP contribution is -2.32.